The number of carbonyl (C=O) groups is 1. The minimum Gasteiger partial charge on any atom is -0.494 e. The van der Waals surface area contributed by atoms with Crippen LogP contribution in [0.2, 0.25) is 0 Å². The average molecular weight is 305 g/mol. The molecule has 0 atom stereocenters. The van der Waals surface area contributed by atoms with Gasteiger partial charge in [0.15, 0.2) is 0 Å². The van der Waals surface area contributed by atoms with Gasteiger partial charge in [0.25, 0.3) is 0 Å². The lowest BCUT2D eigenvalue weighted by atomic mass is 10.2. The Morgan fingerprint density at radius 3 is 2.81 bits per heavy atom. The van der Waals surface area contributed by atoms with E-state index in [1.165, 1.54) is 11.3 Å². The third-order valence-electron chi connectivity index (χ3n) is 2.81. The van der Waals surface area contributed by atoms with Gasteiger partial charge in [-0.1, -0.05) is 19.1 Å². The van der Waals surface area contributed by atoms with Crippen molar-refractivity contribution in [3.63, 3.8) is 0 Å². The molecule has 4 nitrogen and oxygen atoms in total. The Labute approximate surface area is 128 Å². The lowest BCUT2D eigenvalue weighted by molar-refractivity contribution is 0.0533. The van der Waals surface area contributed by atoms with Crippen molar-refractivity contribution in [2.24, 2.45) is 0 Å². The normalized spacial score (nSPS) is 10.4. The van der Waals surface area contributed by atoms with Gasteiger partial charge in [0.1, 0.15) is 10.6 Å². The highest BCUT2D eigenvalue weighted by Crippen LogP contribution is 2.35. The van der Waals surface area contributed by atoms with Crippen molar-refractivity contribution in [3.8, 4) is 16.2 Å². The maximum atomic E-state index is 11.8. The highest BCUT2D eigenvalue weighted by Gasteiger charge is 2.16. The smallest absolute Gasteiger partial charge is 0.350 e. The van der Waals surface area contributed by atoms with Crippen LogP contribution >= 0.6 is 11.3 Å². The summed E-state index contributed by atoms with van der Waals surface area (Å²) in [5.41, 5.74) is 7.34. The molecule has 1 heterocycles. The number of nitrogen functional groups attached to an aromatic ring is 1. The Hall–Kier alpha value is -2.01. The third-order valence-corrected chi connectivity index (χ3v) is 3.99. The number of anilines is 1. The molecule has 0 saturated carbocycles. The Bertz CT molecular complexity index is 622. The molecule has 0 aliphatic heterocycles. The SMILES string of the molecule is CCCOc1cccc(-c2cc(N)c(C(=O)OCC)s2)c1. The van der Waals surface area contributed by atoms with Gasteiger partial charge in [-0.05, 0) is 37.1 Å². The van der Waals surface area contributed by atoms with Gasteiger partial charge < -0.3 is 15.2 Å². The van der Waals surface area contributed by atoms with Crippen LogP contribution in [-0.4, -0.2) is 19.2 Å². The monoisotopic (exact) mass is 305 g/mol. The molecule has 2 rings (SSSR count). The van der Waals surface area contributed by atoms with E-state index < -0.39 is 0 Å². The predicted octanol–water partition coefficient (Wildman–Crippen LogP) is 3.96. The van der Waals surface area contributed by atoms with E-state index in [1.54, 1.807) is 13.0 Å². The Balaban J connectivity index is 2.26. The highest BCUT2D eigenvalue weighted by atomic mass is 32.1. The van der Waals surface area contributed by atoms with Gasteiger partial charge >= 0.3 is 5.97 Å². The number of hydrogen-bond acceptors (Lipinski definition) is 5. The molecule has 112 valence electrons. The van der Waals surface area contributed by atoms with E-state index >= 15 is 0 Å². The van der Waals surface area contributed by atoms with E-state index in [0.29, 0.717) is 23.8 Å². The van der Waals surface area contributed by atoms with Gasteiger partial charge in [0, 0.05) is 4.88 Å². The van der Waals surface area contributed by atoms with Crippen LogP contribution in [0.25, 0.3) is 10.4 Å². The summed E-state index contributed by atoms with van der Waals surface area (Å²) in [6, 6.07) is 9.58. The van der Waals surface area contributed by atoms with E-state index in [1.807, 2.05) is 24.3 Å². The second kappa shape index (κ2) is 7.13. The predicted molar refractivity (Wildman–Crippen MR) is 85.9 cm³/mol. The first kappa shape index (κ1) is 15.4. The summed E-state index contributed by atoms with van der Waals surface area (Å²) in [6.45, 7) is 4.86. The standard InChI is InChI=1S/C16H19NO3S/c1-3-8-20-12-7-5-6-11(9-12)14-10-13(17)15(21-14)16(18)19-4-2/h5-7,9-10H,3-4,8,17H2,1-2H3. The van der Waals surface area contributed by atoms with E-state index in [2.05, 4.69) is 6.92 Å². The van der Waals surface area contributed by atoms with Gasteiger partial charge in [-0.25, -0.2) is 4.79 Å². The number of ether oxygens (including phenoxy) is 2. The molecule has 0 fully saturated rings. The van der Waals surface area contributed by atoms with Crippen molar-refractivity contribution in [2.75, 3.05) is 18.9 Å². The molecule has 5 heteroatoms. The summed E-state index contributed by atoms with van der Waals surface area (Å²) < 4.78 is 10.6. The van der Waals surface area contributed by atoms with Gasteiger partial charge in [0.05, 0.1) is 18.9 Å². The van der Waals surface area contributed by atoms with Crippen LogP contribution < -0.4 is 10.5 Å². The summed E-state index contributed by atoms with van der Waals surface area (Å²) in [5.74, 6) is 0.448. The summed E-state index contributed by atoms with van der Waals surface area (Å²) in [5, 5.41) is 0. The molecule has 1 aromatic carbocycles. The minimum absolute atomic E-state index is 0.339. The number of thiophene rings is 1. The van der Waals surface area contributed by atoms with Crippen molar-refractivity contribution in [3.05, 3.63) is 35.2 Å². The molecule has 0 unspecified atom stereocenters. The van der Waals surface area contributed by atoms with Crippen LogP contribution in [0.1, 0.15) is 29.9 Å². The molecule has 2 aromatic rings. The van der Waals surface area contributed by atoms with Crippen molar-refractivity contribution in [1.82, 2.24) is 0 Å². The number of carbonyl (C=O) groups excluding carboxylic acids is 1. The quantitative estimate of drug-likeness (QED) is 0.820. The number of esters is 1. The zero-order valence-electron chi connectivity index (χ0n) is 12.2. The van der Waals surface area contributed by atoms with Crippen LogP contribution in [0.3, 0.4) is 0 Å². The van der Waals surface area contributed by atoms with Crippen LogP contribution in [0, 0.1) is 0 Å². The van der Waals surface area contributed by atoms with Crippen molar-refractivity contribution < 1.29 is 14.3 Å². The molecule has 0 radical (unpaired) electrons. The van der Waals surface area contributed by atoms with Crippen LogP contribution in [0.5, 0.6) is 5.75 Å². The lowest BCUT2D eigenvalue weighted by Gasteiger charge is -2.05. The van der Waals surface area contributed by atoms with Gasteiger partial charge in [-0.3, -0.25) is 0 Å². The molecule has 0 aliphatic carbocycles. The van der Waals surface area contributed by atoms with Gasteiger partial charge in [-0.2, -0.15) is 0 Å². The maximum Gasteiger partial charge on any atom is 0.350 e. The second-order valence-corrected chi connectivity index (χ2v) is 5.54. The second-order valence-electron chi connectivity index (χ2n) is 4.49. The molecule has 1 aromatic heterocycles. The first-order valence-corrected chi connectivity index (χ1v) is 7.77. The number of benzene rings is 1. The lowest BCUT2D eigenvalue weighted by Crippen LogP contribution is -2.04. The summed E-state index contributed by atoms with van der Waals surface area (Å²) in [4.78, 5) is 13.2. The summed E-state index contributed by atoms with van der Waals surface area (Å²) in [6.07, 6.45) is 0.961. The van der Waals surface area contributed by atoms with Gasteiger partial charge in [0.2, 0.25) is 0 Å². The molecule has 0 bridgehead atoms. The largest absolute Gasteiger partial charge is 0.494 e. The Morgan fingerprint density at radius 2 is 2.10 bits per heavy atom. The van der Waals surface area contributed by atoms with Gasteiger partial charge in [-0.15, -0.1) is 11.3 Å². The average Bonchev–Trinajstić information content (AvgIpc) is 2.88. The summed E-state index contributed by atoms with van der Waals surface area (Å²) in [7, 11) is 0. The number of rotatable bonds is 6. The molecule has 0 spiro atoms. The zero-order chi connectivity index (χ0) is 15.2. The molecule has 0 aliphatic rings. The highest BCUT2D eigenvalue weighted by molar-refractivity contribution is 7.18. The molecule has 21 heavy (non-hydrogen) atoms. The topological polar surface area (TPSA) is 61.5 Å². The maximum absolute atomic E-state index is 11.8. The van der Waals surface area contributed by atoms with E-state index in [-0.39, 0.29) is 5.97 Å². The van der Waals surface area contributed by atoms with E-state index in [9.17, 15) is 4.79 Å². The zero-order valence-corrected chi connectivity index (χ0v) is 13.0. The number of nitrogens with two attached hydrogens (primary N) is 1. The fraction of sp³-hybridized carbons (Fsp3) is 0.312. The molecule has 0 saturated heterocycles. The van der Waals surface area contributed by atoms with E-state index in [0.717, 1.165) is 22.6 Å². The van der Waals surface area contributed by atoms with Crippen LogP contribution in [0.15, 0.2) is 30.3 Å². The van der Waals surface area contributed by atoms with Crippen molar-refractivity contribution in [2.45, 2.75) is 20.3 Å². The summed E-state index contributed by atoms with van der Waals surface area (Å²) >= 11 is 1.34. The fourth-order valence-corrected chi connectivity index (χ4v) is 2.83. The molecule has 2 N–H and O–H groups in total. The first-order valence-electron chi connectivity index (χ1n) is 6.95. The van der Waals surface area contributed by atoms with Crippen molar-refractivity contribution >= 4 is 23.0 Å². The Kier molecular flexibility index (Phi) is 5.22. The molecular weight excluding hydrogens is 286 g/mol. The Morgan fingerprint density at radius 1 is 1.29 bits per heavy atom. The first-order chi connectivity index (χ1) is 10.2. The van der Waals surface area contributed by atoms with Crippen LogP contribution in [-0.2, 0) is 4.74 Å². The minimum atomic E-state index is -0.371. The van der Waals surface area contributed by atoms with Crippen molar-refractivity contribution in [1.29, 1.82) is 0 Å². The fourth-order valence-electron chi connectivity index (χ4n) is 1.86. The molecule has 0 amide bonds. The number of hydrogen-bond donors (Lipinski definition) is 1. The van der Waals surface area contributed by atoms with E-state index in [4.69, 9.17) is 15.2 Å². The third kappa shape index (κ3) is 3.76. The molecular formula is C16H19NO3S. The van der Waals surface area contributed by atoms with Crippen LogP contribution in [0.4, 0.5) is 5.69 Å².